The number of methoxy groups -OCH3 is 1. The predicted molar refractivity (Wildman–Crippen MR) is 90.1 cm³/mol. The van der Waals surface area contributed by atoms with Crippen molar-refractivity contribution in [2.24, 2.45) is 0 Å². The summed E-state index contributed by atoms with van der Waals surface area (Å²) >= 11 is 7.34. The number of ether oxygens (including phenoxy) is 1. The fourth-order valence-electron chi connectivity index (χ4n) is 1.80. The number of hydrogen-bond donors (Lipinski definition) is 1. The van der Waals surface area contributed by atoms with Crippen molar-refractivity contribution in [2.75, 3.05) is 42.8 Å². The number of hydrogen-bond acceptors (Lipinski definition) is 6. The molecule has 20 heavy (non-hydrogen) atoms. The zero-order valence-corrected chi connectivity index (χ0v) is 14.5. The summed E-state index contributed by atoms with van der Waals surface area (Å²) in [5.41, 5.74) is 0.637. The highest BCUT2D eigenvalue weighted by Crippen LogP contribution is 2.25. The van der Waals surface area contributed by atoms with Crippen LogP contribution in [0.25, 0.3) is 0 Å². The standard InChI is InChI=1S/C12H18BrN3O2S2/c1-18-3-2-16-12(17)11(13)10(7-15-16)14-6-9-8-19-4-5-20-9/h7,9,14H,2-6,8H2,1H3. The first-order valence-electron chi connectivity index (χ1n) is 6.40. The molecule has 1 aromatic rings. The zero-order valence-electron chi connectivity index (χ0n) is 11.3. The predicted octanol–water partition coefficient (Wildman–Crippen LogP) is 1.91. The summed E-state index contributed by atoms with van der Waals surface area (Å²) in [5.74, 6) is 3.60. The molecule has 0 saturated carbocycles. The van der Waals surface area contributed by atoms with Crippen LogP contribution in [-0.2, 0) is 11.3 Å². The normalized spacial score (nSPS) is 19.0. The summed E-state index contributed by atoms with van der Waals surface area (Å²) in [7, 11) is 1.61. The average molecular weight is 380 g/mol. The van der Waals surface area contributed by atoms with Crippen molar-refractivity contribution in [3.63, 3.8) is 0 Å². The highest BCUT2D eigenvalue weighted by molar-refractivity contribution is 9.10. The first-order valence-corrected chi connectivity index (χ1v) is 9.39. The Morgan fingerprint density at radius 1 is 1.60 bits per heavy atom. The number of aromatic nitrogens is 2. The maximum Gasteiger partial charge on any atom is 0.283 e. The Hall–Kier alpha value is -0.180. The van der Waals surface area contributed by atoms with Gasteiger partial charge in [-0.15, -0.1) is 0 Å². The molecular formula is C12H18BrN3O2S2. The lowest BCUT2D eigenvalue weighted by molar-refractivity contribution is 0.181. The topological polar surface area (TPSA) is 56.1 Å². The van der Waals surface area contributed by atoms with Gasteiger partial charge in [0, 0.05) is 36.2 Å². The third-order valence-electron chi connectivity index (χ3n) is 2.90. The van der Waals surface area contributed by atoms with Crippen LogP contribution in [0.4, 0.5) is 5.69 Å². The number of nitrogens with zero attached hydrogens (tertiary/aromatic N) is 2. The molecular weight excluding hydrogens is 362 g/mol. The summed E-state index contributed by atoms with van der Waals surface area (Å²) < 4.78 is 6.91. The Labute approximate surface area is 135 Å². The lowest BCUT2D eigenvalue weighted by Crippen LogP contribution is -2.28. The largest absolute Gasteiger partial charge is 0.383 e. The first-order chi connectivity index (χ1) is 9.72. The van der Waals surface area contributed by atoms with Gasteiger partial charge in [-0.1, -0.05) is 0 Å². The molecule has 1 aromatic heterocycles. The van der Waals surface area contributed by atoms with E-state index in [9.17, 15) is 4.79 Å². The molecule has 1 aliphatic rings. The van der Waals surface area contributed by atoms with Crippen LogP contribution in [0.5, 0.6) is 0 Å². The van der Waals surface area contributed by atoms with Crippen LogP contribution in [-0.4, -0.2) is 52.6 Å². The lowest BCUT2D eigenvalue weighted by atomic mass is 10.4. The molecule has 0 amide bonds. The van der Waals surface area contributed by atoms with E-state index in [-0.39, 0.29) is 5.56 Å². The molecule has 5 nitrogen and oxygen atoms in total. The van der Waals surface area contributed by atoms with E-state index < -0.39 is 0 Å². The number of nitrogens with one attached hydrogen (secondary N) is 1. The van der Waals surface area contributed by atoms with E-state index in [1.807, 2.05) is 23.5 Å². The van der Waals surface area contributed by atoms with Gasteiger partial charge < -0.3 is 10.1 Å². The molecule has 2 heterocycles. The van der Waals surface area contributed by atoms with Gasteiger partial charge in [-0.2, -0.15) is 28.6 Å². The third kappa shape index (κ3) is 4.41. The SMILES string of the molecule is COCCn1ncc(NCC2CSCCS2)c(Br)c1=O. The number of halogens is 1. The molecule has 1 saturated heterocycles. The monoisotopic (exact) mass is 379 g/mol. The fraction of sp³-hybridized carbons (Fsp3) is 0.667. The molecule has 1 fully saturated rings. The summed E-state index contributed by atoms with van der Waals surface area (Å²) in [6.07, 6.45) is 1.70. The molecule has 0 spiro atoms. The third-order valence-corrected chi connectivity index (χ3v) is 6.51. The van der Waals surface area contributed by atoms with Gasteiger partial charge in [0.1, 0.15) is 4.47 Å². The second kappa shape index (κ2) is 8.31. The van der Waals surface area contributed by atoms with Crippen molar-refractivity contribution >= 4 is 45.1 Å². The van der Waals surface area contributed by atoms with Crippen molar-refractivity contribution < 1.29 is 4.74 Å². The number of rotatable bonds is 6. The van der Waals surface area contributed by atoms with Gasteiger partial charge in [-0.05, 0) is 15.9 Å². The van der Waals surface area contributed by atoms with E-state index >= 15 is 0 Å². The molecule has 1 aliphatic heterocycles. The average Bonchev–Trinajstić information content (AvgIpc) is 2.49. The second-order valence-corrected chi connectivity index (χ2v) is 7.69. The van der Waals surface area contributed by atoms with Crippen molar-refractivity contribution in [3.05, 3.63) is 21.0 Å². The van der Waals surface area contributed by atoms with E-state index in [4.69, 9.17) is 4.74 Å². The van der Waals surface area contributed by atoms with Gasteiger partial charge in [0.05, 0.1) is 25.0 Å². The van der Waals surface area contributed by atoms with Crippen molar-refractivity contribution in [1.82, 2.24) is 9.78 Å². The van der Waals surface area contributed by atoms with E-state index in [0.29, 0.717) is 22.9 Å². The molecule has 8 heteroatoms. The Bertz CT molecular complexity index is 492. The molecule has 0 aromatic carbocycles. The van der Waals surface area contributed by atoms with Gasteiger partial charge in [0.25, 0.3) is 5.56 Å². The maximum absolute atomic E-state index is 12.1. The quantitative estimate of drug-likeness (QED) is 0.814. The van der Waals surface area contributed by atoms with Crippen LogP contribution < -0.4 is 10.9 Å². The molecule has 1 N–H and O–H groups in total. The summed E-state index contributed by atoms with van der Waals surface area (Å²) in [6.45, 7) is 1.80. The maximum atomic E-state index is 12.1. The fourth-order valence-corrected chi connectivity index (χ4v) is 4.86. The minimum atomic E-state index is -0.127. The van der Waals surface area contributed by atoms with Crippen molar-refractivity contribution in [2.45, 2.75) is 11.8 Å². The van der Waals surface area contributed by atoms with Gasteiger partial charge in [-0.3, -0.25) is 4.79 Å². The smallest absolute Gasteiger partial charge is 0.283 e. The van der Waals surface area contributed by atoms with Crippen LogP contribution in [0.3, 0.4) is 0 Å². The van der Waals surface area contributed by atoms with Gasteiger partial charge in [0.15, 0.2) is 0 Å². The molecule has 0 bridgehead atoms. The van der Waals surface area contributed by atoms with Crippen LogP contribution in [0.1, 0.15) is 0 Å². The zero-order chi connectivity index (χ0) is 14.4. The van der Waals surface area contributed by atoms with E-state index in [2.05, 4.69) is 26.3 Å². The van der Waals surface area contributed by atoms with E-state index in [1.165, 1.54) is 16.2 Å². The Morgan fingerprint density at radius 2 is 2.45 bits per heavy atom. The molecule has 1 atom stereocenters. The van der Waals surface area contributed by atoms with E-state index in [1.54, 1.807) is 13.3 Å². The van der Waals surface area contributed by atoms with Crippen LogP contribution in [0, 0.1) is 0 Å². The van der Waals surface area contributed by atoms with Crippen molar-refractivity contribution in [1.29, 1.82) is 0 Å². The van der Waals surface area contributed by atoms with Gasteiger partial charge >= 0.3 is 0 Å². The van der Waals surface area contributed by atoms with Crippen molar-refractivity contribution in [3.8, 4) is 0 Å². The highest BCUT2D eigenvalue weighted by Gasteiger charge is 2.15. The minimum absolute atomic E-state index is 0.127. The summed E-state index contributed by atoms with van der Waals surface area (Å²) in [6, 6.07) is 0. The molecule has 112 valence electrons. The lowest BCUT2D eigenvalue weighted by Gasteiger charge is -2.21. The molecule has 1 unspecified atom stereocenters. The molecule has 0 aliphatic carbocycles. The van der Waals surface area contributed by atoms with Crippen LogP contribution in [0.2, 0.25) is 0 Å². The Morgan fingerprint density at radius 3 is 3.15 bits per heavy atom. The molecule has 2 rings (SSSR count). The first kappa shape index (κ1) is 16.2. The summed E-state index contributed by atoms with van der Waals surface area (Å²) in [4.78, 5) is 12.1. The molecule has 0 radical (unpaired) electrons. The minimum Gasteiger partial charge on any atom is -0.383 e. The second-order valence-electron chi connectivity index (χ2n) is 4.34. The number of thioether (sulfide) groups is 2. The van der Waals surface area contributed by atoms with Gasteiger partial charge in [0.2, 0.25) is 0 Å². The van der Waals surface area contributed by atoms with Gasteiger partial charge in [-0.25, -0.2) is 4.68 Å². The Balaban J connectivity index is 1.97. The number of anilines is 1. The van der Waals surface area contributed by atoms with Crippen LogP contribution in [0.15, 0.2) is 15.5 Å². The summed E-state index contributed by atoms with van der Waals surface area (Å²) in [5, 5.41) is 8.07. The Kier molecular flexibility index (Phi) is 6.73. The van der Waals surface area contributed by atoms with E-state index in [0.717, 1.165) is 18.0 Å². The van der Waals surface area contributed by atoms with Crippen LogP contribution >= 0.6 is 39.5 Å². The highest BCUT2D eigenvalue weighted by atomic mass is 79.9.